The Kier molecular flexibility index (Phi) is 13.3. The highest BCUT2D eigenvalue weighted by atomic mass is 16.6. The van der Waals surface area contributed by atoms with Gasteiger partial charge in [-0.25, -0.2) is 9.69 Å². The summed E-state index contributed by atoms with van der Waals surface area (Å²) in [6.07, 6.45) is -1.05. The van der Waals surface area contributed by atoms with Crippen molar-refractivity contribution in [3.63, 3.8) is 0 Å². The number of imide groups is 2. The van der Waals surface area contributed by atoms with Crippen molar-refractivity contribution in [3.8, 4) is 0 Å². The molecule has 0 saturated heterocycles. The van der Waals surface area contributed by atoms with Gasteiger partial charge < -0.3 is 28.8 Å². The number of amides is 4. The SMILES string of the molecule is CCOCCN(CCOCCN1C(=O)c2ccccc2C1=O)CCOCC(OCCOCC(=O)O)N1C(=O)c2ccccc2C1=O. The van der Waals surface area contributed by atoms with Crippen molar-refractivity contribution >= 4 is 29.6 Å². The van der Waals surface area contributed by atoms with Gasteiger partial charge >= 0.3 is 5.97 Å². The third-order valence-corrected chi connectivity index (χ3v) is 7.33. The molecule has 1 N–H and O–H groups in total. The van der Waals surface area contributed by atoms with Crippen molar-refractivity contribution in [2.24, 2.45) is 0 Å². The molecule has 4 rings (SSSR count). The van der Waals surface area contributed by atoms with E-state index in [1.165, 1.54) is 4.90 Å². The van der Waals surface area contributed by atoms with Gasteiger partial charge in [0, 0.05) is 26.2 Å². The number of hydrogen-bond donors (Lipinski definition) is 1. The van der Waals surface area contributed by atoms with Crippen molar-refractivity contribution in [1.29, 1.82) is 0 Å². The van der Waals surface area contributed by atoms with E-state index in [2.05, 4.69) is 4.90 Å². The summed E-state index contributed by atoms with van der Waals surface area (Å²) in [5, 5.41) is 8.77. The highest BCUT2D eigenvalue weighted by Gasteiger charge is 2.40. The van der Waals surface area contributed by atoms with Crippen LogP contribution in [0.4, 0.5) is 0 Å². The number of carboxylic acids is 1. The van der Waals surface area contributed by atoms with Gasteiger partial charge in [0.1, 0.15) is 6.61 Å². The third kappa shape index (κ3) is 9.02. The van der Waals surface area contributed by atoms with Crippen LogP contribution in [0.1, 0.15) is 48.4 Å². The monoisotopic (exact) mass is 641 g/mol. The maximum absolute atomic E-state index is 13.0. The van der Waals surface area contributed by atoms with E-state index in [0.29, 0.717) is 50.6 Å². The summed E-state index contributed by atoms with van der Waals surface area (Å²) in [5.41, 5.74) is 1.34. The van der Waals surface area contributed by atoms with E-state index < -0.39 is 30.6 Å². The first-order valence-corrected chi connectivity index (χ1v) is 15.1. The number of carbonyl (C=O) groups is 5. The summed E-state index contributed by atoms with van der Waals surface area (Å²) in [6, 6.07) is 13.2. The van der Waals surface area contributed by atoms with Crippen LogP contribution in [0.2, 0.25) is 0 Å². The molecule has 0 radical (unpaired) electrons. The Morgan fingerprint density at radius 1 is 0.696 bits per heavy atom. The predicted octanol–water partition coefficient (Wildman–Crippen LogP) is 1.39. The molecule has 248 valence electrons. The lowest BCUT2D eigenvalue weighted by Gasteiger charge is -2.27. The largest absolute Gasteiger partial charge is 0.480 e. The molecule has 2 aromatic carbocycles. The molecule has 4 amide bonds. The zero-order chi connectivity index (χ0) is 32.9. The van der Waals surface area contributed by atoms with Gasteiger partial charge in [0.2, 0.25) is 0 Å². The zero-order valence-electron chi connectivity index (χ0n) is 25.8. The Morgan fingerprint density at radius 2 is 1.22 bits per heavy atom. The second kappa shape index (κ2) is 17.6. The Balaban J connectivity index is 1.24. The third-order valence-electron chi connectivity index (χ3n) is 7.33. The van der Waals surface area contributed by atoms with Crippen LogP contribution in [0, 0.1) is 0 Å². The average molecular weight is 642 g/mol. The lowest BCUT2D eigenvalue weighted by Crippen LogP contribution is -2.45. The predicted molar refractivity (Wildman–Crippen MR) is 162 cm³/mol. The molecule has 2 aliphatic heterocycles. The second-order valence-corrected chi connectivity index (χ2v) is 10.3. The van der Waals surface area contributed by atoms with Crippen LogP contribution < -0.4 is 0 Å². The van der Waals surface area contributed by atoms with Crippen molar-refractivity contribution in [1.82, 2.24) is 14.7 Å². The van der Waals surface area contributed by atoms with Crippen LogP contribution in [0.3, 0.4) is 0 Å². The number of nitrogens with zero attached hydrogens (tertiary/aromatic N) is 3. The topological polar surface area (TPSA) is 161 Å². The van der Waals surface area contributed by atoms with Crippen LogP contribution in [0.15, 0.2) is 48.5 Å². The number of rotatable bonds is 22. The molecule has 0 saturated carbocycles. The van der Waals surface area contributed by atoms with Crippen molar-refractivity contribution in [2.75, 3.05) is 85.6 Å². The van der Waals surface area contributed by atoms with Crippen molar-refractivity contribution in [3.05, 3.63) is 70.8 Å². The highest BCUT2D eigenvalue weighted by molar-refractivity contribution is 6.22. The van der Waals surface area contributed by atoms with Gasteiger partial charge in [0.25, 0.3) is 23.6 Å². The van der Waals surface area contributed by atoms with Crippen LogP contribution in [-0.2, 0) is 28.5 Å². The van der Waals surface area contributed by atoms with Crippen LogP contribution in [0.5, 0.6) is 0 Å². The minimum Gasteiger partial charge on any atom is -0.480 e. The smallest absolute Gasteiger partial charge is 0.329 e. The van der Waals surface area contributed by atoms with Crippen LogP contribution in [0.25, 0.3) is 0 Å². The highest BCUT2D eigenvalue weighted by Crippen LogP contribution is 2.25. The second-order valence-electron chi connectivity index (χ2n) is 10.3. The molecule has 0 aliphatic carbocycles. The van der Waals surface area contributed by atoms with Gasteiger partial charge in [0.15, 0.2) is 6.23 Å². The summed E-state index contributed by atoms with van der Waals surface area (Å²) < 4.78 is 27.9. The average Bonchev–Trinajstić information content (AvgIpc) is 3.45. The number of fused-ring (bicyclic) bond motifs is 2. The van der Waals surface area contributed by atoms with Gasteiger partial charge in [-0.2, -0.15) is 0 Å². The van der Waals surface area contributed by atoms with E-state index in [-0.39, 0.29) is 62.5 Å². The zero-order valence-corrected chi connectivity index (χ0v) is 25.8. The molecule has 14 heteroatoms. The van der Waals surface area contributed by atoms with Gasteiger partial charge in [-0.15, -0.1) is 0 Å². The summed E-state index contributed by atoms with van der Waals surface area (Å²) in [7, 11) is 0. The number of benzene rings is 2. The molecule has 46 heavy (non-hydrogen) atoms. The molecule has 1 atom stereocenters. The Bertz CT molecular complexity index is 1310. The van der Waals surface area contributed by atoms with E-state index in [1.54, 1.807) is 48.5 Å². The standard InChI is InChI=1S/C32H39N3O11/c1-2-42-15-11-33(12-16-43-18-14-34-29(38)23-7-3-4-8-24(23)30(34)39)13-17-44-21-27(46-20-19-45-22-28(36)37)35-31(40)25-9-5-6-10-26(25)32(35)41/h3-10,27H,2,11-22H2,1H3,(H,36,37). The summed E-state index contributed by atoms with van der Waals surface area (Å²) >= 11 is 0. The molecule has 0 fully saturated rings. The molecule has 1 unspecified atom stereocenters. The molecule has 0 bridgehead atoms. The molecule has 14 nitrogen and oxygen atoms in total. The Morgan fingerprint density at radius 3 is 1.76 bits per heavy atom. The fourth-order valence-electron chi connectivity index (χ4n) is 5.01. The number of hydrogen-bond acceptors (Lipinski definition) is 11. The molecule has 0 aromatic heterocycles. The number of carbonyl (C=O) groups excluding carboxylic acids is 4. The minimum atomic E-state index is -1.12. The molecule has 0 spiro atoms. The minimum absolute atomic E-state index is 0.0514. The van der Waals surface area contributed by atoms with Gasteiger partial charge in [-0.05, 0) is 31.2 Å². The van der Waals surface area contributed by atoms with E-state index in [1.807, 2.05) is 6.92 Å². The lowest BCUT2D eigenvalue weighted by molar-refractivity contribution is -0.143. The maximum Gasteiger partial charge on any atom is 0.329 e. The van der Waals surface area contributed by atoms with E-state index >= 15 is 0 Å². The number of aliphatic carboxylic acids is 1. The first-order valence-electron chi connectivity index (χ1n) is 15.1. The number of carboxylic acid groups (broad SMARTS) is 1. The van der Waals surface area contributed by atoms with Crippen molar-refractivity contribution < 1.29 is 52.8 Å². The van der Waals surface area contributed by atoms with Gasteiger partial charge in [-0.1, -0.05) is 24.3 Å². The Hall–Kier alpha value is -4.05. The van der Waals surface area contributed by atoms with Crippen LogP contribution >= 0.6 is 0 Å². The van der Waals surface area contributed by atoms with E-state index in [9.17, 15) is 24.0 Å². The van der Waals surface area contributed by atoms with Gasteiger partial charge in [-0.3, -0.25) is 29.0 Å². The summed E-state index contributed by atoms with van der Waals surface area (Å²) in [4.78, 5) is 66.2. The fraction of sp³-hybridized carbons (Fsp3) is 0.469. The normalized spacial score (nSPS) is 14.8. The van der Waals surface area contributed by atoms with Crippen molar-refractivity contribution in [2.45, 2.75) is 13.2 Å². The van der Waals surface area contributed by atoms with E-state index in [0.717, 1.165) is 4.90 Å². The molecule has 2 heterocycles. The molecular weight excluding hydrogens is 602 g/mol. The molecule has 2 aromatic rings. The van der Waals surface area contributed by atoms with Gasteiger partial charge in [0.05, 0.1) is 75.0 Å². The Labute approximate surface area is 266 Å². The molecular formula is C32H39N3O11. The summed E-state index contributed by atoms with van der Waals surface area (Å²) in [5.74, 6) is -2.77. The first kappa shape index (κ1) is 34.8. The number of ether oxygens (including phenoxy) is 5. The van der Waals surface area contributed by atoms with Crippen LogP contribution in [-0.4, -0.2) is 141 Å². The lowest BCUT2D eigenvalue weighted by atomic mass is 10.1. The molecule has 2 aliphatic rings. The fourth-order valence-corrected chi connectivity index (χ4v) is 5.01. The van der Waals surface area contributed by atoms with E-state index in [4.69, 9.17) is 28.8 Å². The quantitative estimate of drug-likeness (QED) is 0.146. The maximum atomic E-state index is 13.0. The summed E-state index contributed by atoms with van der Waals surface area (Å²) in [6.45, 7) is 4.75. The first-order chi connectivity index (χ1) is 22.3.